The van der Waals surface area contributed by atoms with E-state index in [0.717, 1.165) is 12.1 Å². The molecule has 134 valence electrons. The molecular formula is C15H14F2N2O5S. The van der Waals surface area contributed by atoms with Crippen molar-refractivity contribution in [1.82, 2.24) is 10.3 Å². The zero-order valence-corrected chi connectivity index (χ0v) is 14.0. The highest BCUT2D eigenvalue weighted by molar-refractivity contribution is 7.89. The van der Waals surface area contributed by atoms with Crippen LogP contribution >= 0.6 is 0 Å². The summed E-state index contributed by atoms with van der Waals surface area (Å²) in [7, 11) is -1.62. The molecule has 25 heavy (non-hydrogen) atoms. The van der Waals surface area contributed by atoms with E-state index in [2.05, 4.69) is 0 Å². The topological polar surface area (TPSA) is 93.7 Å². The Hall–Kier alpha value is -2.72. The second-order valence-corrected chi connectivity index (χ2v) is 6.35. The molecule has 2 aromatic carbocycles. The van der Waals surface area contributed by atoms with E-state index in [0.29, 0.717) is 11.8 Å². The van der Waals surface area contributed by atoms with Crippen molar-refractivity contribution in [2.45, 2.75) is 4.90 Å². The average molecular weight is 372 g/mol. The third-order valence-electron chi connectivity index (χ3n) is 3.13. The van der Waals surface area contributed by atoms with Gasteiger partial charge < -0.3 is 9.47 Å². The molecule has 0 saturated heterocycles. The Morgan fingerprint density at radius 1 is 1.00 bits per heavy atom. The Labute approximate surface area is 142 Å². The number of halogens is 2. The van der Waals surface area contributed by atoms with Gasteiger partial charge >= 0.3 is 0 Å². The number of hydrazine groups is 1. The molecule has 2 rings (SSSR count). The smallest absolute Gasteiger partial charge is 0.266 e. The molecule has 0 heterocycles. The molecule has 0 aromatic heterocycles. The number of carbonyl (C=O) groups excluding carboxylic acids is 1. The molecule has 0 saturated carbocycles. The van der Waals surface area contributed by atoms with Gasteiger partial charge in [-0.05, 0) is 30.3 Å². The minimum absolute atomic E-state index is 0.0694. The Morgan fingerprint density at radius 2 is 1.68 bits per heavy atom. The molecule has 0 bridgehead atoms. The summed E-state index contributed by atoms with van der Waals surface area (Å²) in [4.78, 5) is 13.0. The zero-order chi connectivity index (χ0) is 18.6. The standard InChI is InChI=1S/C15H14F2N2O5S/c1-23-12-5-3-9(7-13(12)24-2)15(20)18-19-25(21,22)14-6-4-10(16)8-11(14)17/h3-8,19H,1-2H3,(H,18,20). The highest BCUT2D eigenvalue weighted by Gasteiger charge is 2.21. The largest absolute Gasteiger partial charge is 0.493 e. The summed E-state index contributed by atoms with van der Waals surface area (Å²) < 4.78 is 60.5. The lowest BCUT2D eigenvalue weighted by molar-refractivity contribution is 0.0944. The predicted octanol–water partition coefficient (Wildman–Crippen LogP) is 1.61. The fourth-order valence-corrected chi connectivity index (χ4v) is 2.81. The monoisotopic (exact) mass is 372 g/mol. The lowest BCUT2D eigenvalue weighted by Crippen LogP contribution is -2.41. The van der Waals surface area contributed by atoms with Gasteiger partial charge in [0.1, 0.15) is 16.5 Å². The first-order chi connectivity index (χ1) is 11.8. The van der Waals surface area contributed by atoms with Gasteiger partial charge in [0.25, 0.3) is 15.9 Å². The Kier molecular flexibility index (Phi) is 5.55. The average Bonchev–Trinajstić information content (AvgIpc) is 2.58. The molecule has 0 atom stereocenters. The normalized spacial score (nSPS) is 11.0. The number of ether oxygens (including phenoxy) is 2. The van der Waals surface area contributed by atoms with Crippen molar-refractivity contribution in [3.05, 3.63) is 53.6 Å². The van der Waals surface area contributed by atoms with Gasteiger partial charge in [-0.2, -0.15) is 0 Å². The van der Waals surface area contributed by atoms with Crippen molar-refractivity contribution in [2.75, 3.05) is 14.2 Å². The number of nitrogens with one attached hydrogen (secondary N) is 2. The van der Waals surface area contributed by atoms with Crippen molar-refractivity contribution in [1.29, 1.82) is 0 Å². The van der Waals surface area contributed by atoms with E-state index in [4.69, 9.17) is 9.47 Å². The van der Waals surface area contributed by atoms with Gasteiger partial charge in [-0.25, -0.2) is 17.2 Å². The van der Waals surface area contributed by atoms with Crippen LogP contribution in [0.25, 0.3) is 0 Å². The van der Waals surface area contributed by atoms with Crippen LogP contribution in [0.5, 0.6) is 11.5 Å². The number of hydrogen-bond acceptors (Lipinski definition) is 5. The summed E-state index contributed by atoms with van der Waals surface area (Å²) in [5.41, 5.74) is 2.00. The van der Waals surface area contributed by atoms with E-state index in [9.17, 15) is 22.0 Å². The van der Waals surface area contributed by atoms with Crippen LogP contribution in [0.2, 0.25) is 0 Å². The van der Waals surface area contributed by atoms with Gasteiger partial charge in [0.2, 0.25) is 0 Å². The fraction of sp³-hybridized carbons (Fsp3) is 0.133. The summed E-state index contributed by atoms with van der Waals surface area (Å²) >= 11 is 0. The first-order valence-corrected chi connectivity index (χ1v) is 8.26. The maximum absolute atomic E-state index is 13.6. The fourth-order valence-electron chi connectivity index (χ4n) is 1.91. The molecule has 0 radical (unpaired) electrons. The third kappa shape index (κ3) is 4.22. The van der Waals surface area contributed by atoms with Crippen molar-refractivity contribution in [3.63, 3.8) is 0 Å². The van der Waals surface area contributed by atoms with Crippen LogP contribution in [0.1, 0.15) is 10.4 Å². The minimum Gasteiger partial charge on any atom is -0.493 e. The SMILES string of the molecule is COc1ccc(C(=O)NNS(=O)(=O)c2ccc(F)cc2F)cc1OC. The van der Waals surface area contributed by atoms with Gasteiger partial charge in [0.05, 0.1) is 14.2 Å². The van der Waals surface area contributed by atoms with Crippen LogP contribution in [0.3, 0.4) is 0 Å². The van der Waals surface area contributed by atoms with Crippen molar-refractivity contribution in [2.24, 2.45) is 0 Å². The van der Waals surface area contributed by atoms with E-state index in [1.54, 1.807) is 4.83 Å². The van der Waals surface area contributed by atoms with E-state index >= 15 is 0 Å². The molecule has 0 aliphatic carbocycles. The number of carbonyl (C=O) groups is 1. The van der Waals surface area contributed by atoms with Crippen LogP contribution in [0.4, 0.5) is 8.78 Å². The predicted molar refractivity (Wildman–Crippen MR) is 83.7 cm³/mol. The quantitative estimate of drug-likeness (QED) is 0.752. The molecule has 0 aliphatic heterocycles. The lowest BCUT2D eigenvalue weighted by Gasteiger charge is -2.11. The Balaban J connectivity index is 2.16. The van der Waals surface area contributed by atoms with Gasteiger partial charge in [-0.15, -0.1) is 4.83 Å². The number of rotatable bonds is 6. The maximum Gasteiger partial charge on any atom is 0.266 e. The molecule has 2 N–H and O–H groups in total. The number of hydrogen-bond donors (Lipinski definition) is 2. The number of sulfonamides is 1. The molecule has 7 nitrogen and oxygen atoms in total. The summed E-state index contributed by atoms with van der Waals surface area (Å²) in [5, 5.41) is 0. The summed E-state index contributed by atoms with van der Waals surface area (Å²) in [5.74, 6) is -2.37. The molecule has 0 fully saturated rings. The number of amides is 1. The van der Waals surface area contributed by atoms with Crippen LogP contribution in [-0.4, -0.2) is 28.5 Å². The molecular weight excluding hydrogens is 358 g/mol. The molecule has 1 amide bonds. The van der Waals surface area contributed by atoms with Crippen molar-refractivity contribution >= 4 is 15.9 Å². The van der Waals surface area contributed by atoms with E-state index in [1.165, 1.54) is 32.4 Å². The number of methoxy groups -OCH3 is 2. The van der Waals surface area contributed by atoms with Crippen LogP contribution in [-0.2, 0) is 10.0 Å². The van der Waals surface area contributed by atoms with Crippen molar-refractivity contribution in [3.8, 4) is 11.5 Å². The molecule has 0 unspecified atom stereocenters. The molecule has 10 heteroatoms. The molecule has 2 aromatic rings. The van der Waals surface area contributed by atoms with Gasteiger partial charge in [-0.1, -0.05) is 0 Å². The number of benzene rings is 2. The third-order valence-corrected chi connectivity index (χ3v) is 4.41. The summed E-state index contributed by atoms with van der Waals surface area (Å²) in [6.07, 6.45) is 0. The first kappa shape index (κ1) is 18.6. The highest BCUT2D eigenvalue weighted by Crippen LogP contribution is 2.27. The van der Waals surface area contributed by atoms with Gasteiger partial charge in [0, 0.05) is 11.6 Å². The Morgan fingerprint density at radius 3 is 2.28 bits per heavy atom. The first-order valence-electron chi connectivity index (χ1n) is 6.77. The van der Waals surface area contributed by atoms with Crippen molar-refractivity contribution < 1.29 is 31.5 Å². The van der Waals surface area contributed by atoms with Crippen LogP contribution in [0.15, 0.2) is 41.3 Å². The van der Waals surface area contributed by atoms with Gasteiger partial charge in [0.15, 0.2) is 11.5 Å². The second kappa shape index (κ2) is 7.45. The van der Waals surface area contributed by atoms with E-state index in [1.807, 2.05) is 5.43 Å². The Bertz CT molecular complexity index is 903. The summed E-state index contributed by atoms with van der Waals surface area (Å²) in [6, 6.07) is 6.13. The summed E-state index contributed by atoms with van der Waals surface area (Å²) in [6.45, 7) is 0. The second-order valence-electron chi connectivity index (χ2n) is 4.70. The van der Waals surface area contributed by atoms with Crippen LogP contribution in [0, 0.1) is 11.6 Å². The van der Waals surface area contributed by atoms with E-state index < -0.39 is 32.5 Å². The van der Waals surface area contributed by atoms with Gasteiger partial charge in [-0.3, -0.25) is 10.2 Å². The maximum atomic E-state index is 13.6. The minimum atomic E-state index is -4.42. The van der Waals surface area contributed by atoms with E-state index in [-0.39, 0.29) is 11.3 Å². The zero-order valence-electron chi connectivity index (χ0n) is 13.2. The highest BCUT2D eigenvalue weighted by atomic mass is 32.2. The lowest BCUT2D eigenvalue weighted by atomic mass is 10.2. The molecule has 0 spiro atoms. The van der Waals surface area contributed by atoms with Crippen LogP contribution < -0.4 is 19.7 Å². The molecule has 0 aliphatic rings.